The minimum Gasteiger partial charge on any atom is -0.334 e. The molecule has 1 amide bonds. The molecule has 3 nitrogen and oxygen atoms in total. The molecule has 0 spiro atoms. The molecule has 0 aromatic heterocycles. The molecular formula is C19H28N2O. The second kappa shape index (κ2) is 7.28. The van der Waals surface area contributed by atoms with E-state index in [1.807, 2.05) is 6.07 Å². The Morgan fingerprint density at radius 2 is 1.95 bits per heavy atom. The van der Waals surface area contributed by atoms with Crippen molar-refractivity contribution >= 4 is 5.91 Å². The Kier molecular flexibility index (Phi) is 5.14. The third kappa shape index (κ3) is 3.70. The van der Waals surface area contributed by atoms with Crippen molar-refractivity contribution in [3.8, 4) is 0 Å². The second-order valence-electron chi connectivity index (χ2n) is 6.88. The Balaban J connectivity index is 1.67. The lowest BCUT2D eigenvalue weighted by Gasteiger charge is -2.34. The van der Waals surface area contributed by atoms with Gasteiger partial charge >= 0.3 is 0 Å². The molecule has 2 fully saturated rings. The summed E-state index contributed by atoms with van der Waals surface area (Å²) in [4.78, 5) is 17.3. The van der Waals surface area contributed by atoms with Gasteiger partial charge in [0.05, 0.1) is 0 Å². The molecule has 0 unspecified atom stereocenters. The molecule has 1 heterocycles. The maximum atomic E-state index is 12.6. The smallest absolute Gasteiger partial charge is 0.224 e. The van der Waals surface area contributed by atoms with Gasteiger partial charge in [-0.2, -0.15) is 0 Å². The summed E-state index contributed by atoms with van der Waals surface area (Å²) in [6, 6.07) is 10.7. The van der Waals surface area contributed by atoms with Crippen molar-refractivity contribution in [2.45, 2.75) is 51.6 Å². The first kappa shape index (κ1) is 15.5. The molecule has 0 N–H and O–H groups in total. The van der Waals surface area contributed by atoms with Crippen LogP contribution in [0.3, 0.4) is 0 Å². The number of benzene rings is 1. The maximum Gasteiger partial charge on any atom is 0.224 e. The van der Waals surface area contributed by atoms with Crippen LogP contribution < -0.4 is 0 Å². The zero-order valence-corrected chi connectivity index (χ0v) is 13.7. The van der Waals surface area contributed by atoms with Gasteiger partial charge in [0, 0.05) is 38.6 Å². The van der Waals surface area contributed by atoms with Crippen molar-refractivity contribution in [3.63, 3.8) is 0 Å². The monoisotopic (exact) mass is 300 g/mol. The molecule has 1 saturated carbocycles. The quantitative estimate of drug-likeness (QED) is 0.833. The molecule has 1 aromatic carbocycles. The van der Waals surface area contributed by atoms with Gasteiger partial charge < -0.3 is 9.80 Å². The highest BCUT2D eigenvalue weighted by Gasteiger charge is 2.30. The van der Waals surface area contributed by atoms with Crippen molar-refractivity contribution in [2.75, 3.05) is 19.6 Å². The van der Waals surface area contributed by atoms with Gasteiger partial charge in [0.2, 0.25) is 5.91 Å². The highest BCUT2D eigenvalue weighted by molar-refractivity contribution is 5.77. The summed E-state index contributed by atoms with van der Waals surface area (Å²) in [7, 11) is 0. The predicted octanol–water partition coefficient (Wildman–Crippen LogP) is 3.30. The van der Waals surface area contributed by atoms with E-state index in [1.54, 1.807) is 0 Å². The van der Waals surface area contributed by atoms with Crippen LogP contribution in [0.25, 0.3) is 0 Å². The highest BCUT2D eigenvalue weighted by atomic mass is 16.2. The number of hydrogen-bond acceptors (Lipinski definition) is 2. The first-order valence-electron chi connectivity index (χ1n) is 8.82. The van der Waals surface area contributed by atoms with E-state index in [9.17, 15) is 4.79 Å². The van der Waals surface area contributed by atoms with Crippen LogP contribution in [-0.2, 0) is 11.3 Å². The molecule has 22 heavy (non-hydrogen) atoms. The highest BCUT2D eigenvalue weighted by Crippen LogP contribution is 2.28. The second-order valence-corrected chi connectivity index (χ2v) is 6.88. The van der Waals surface area contributed by atoms with E-state index in [4.69, 9.17) is 0 Å². The van der Waals surface area contributed by atoms with E-state index in [2.05, 4.69) is 41.0 Å². The molecule has 3 rings (SSSR count). The maximum absolute atomic E-state index is 12.6. The summed E-state index contributed by atoms with van der Waals surface area (Å²) >= 11 is 0. The van der Waals surface area contributed by atoms with Crippen molar-refractivity contribution < 1.29 is 4.79 Å². The summed E-state index contributed by atoms with van der Waals surface area (Å²) in [5.41, 5.74) is 1.24. The molecule has 1 aliphatic carbocycles. The standard InChI is InChI=1S/C19H28N2O/c1-2-18-15-20(13-16-9-6-10-16)12-11-19(22)21(18)14-17-7-4-3-5-8-17/h3-5,7-8,16,18H,2,6,9-15H2,1H3/t18-/m0/s1. The Labute approximate surface area is 134 Å². The van der Waals surface area contributed by atoms with Gasteiger partial charge in [-0.05, 0) is 30.7 Å². The van der Waals surface area contributed by atoms with E-state index < -0.39 is 0 Å². The van der Waals surface area contributed by atoms with Crippen molar-refractivity contribution in [1.29, 1.82) is 0 Å². The third-order valence-electron chi connectivity index (χ3n) is 5.28. The van der Waals surface area contributed by atoms with E-state index in [-0.39, 0.29) is 0 Å². The average molecular weight is 300 g/mol. The number of hydrogen-bond donors (Lipinski definition) is 0. The fourth-order valence-electron chi connectivity index (χ4n) is 3.64. The lowest BCUT2D eigenvalue weighted by molar-refractivity contribution is -0.133. The van der Waals surface area contributed by atoms with Crippen LogP contribution in [0.4, 0.5) is 0 Å². The SMILES string of the molecule is CC[C@H]1CN(CC2CCC2)CCC(=O)N1Cc1ccccc1. The molecule has 1 aliphatic heterocycles. The van der Waals surface area contributed by atoms with Crippen LogP contribution in [-0.4, -0.2) is 41.4 Å². The zero-order chi connectivity index (χ0) is 15.4. The lowest BCUT2D eigenvalue weighted by Crippen LogP contribution is -2.43. The fraction of sp³-hybridized carbons (Fsp3) is 0.632. The van der Waals surface area contributed by atoms with Gasteiger partial charge in [0.15, 0.2) is 0 Å². The Bertz CT molecular complexity index is 483. The average Bonchev–Trinajstić information content (AvgIpc) is 2.65. The van der Waals surface area contributed by atoms with Crippen LogP contribution in [0.5, 0.6) is 0 Å². The molecule has 1 aromatic rings. The summed E-state index contributed by atoms with van der Waals surface area (Å²) < 4.78 is 0. The number of carbonyl (C=O) groups excluding carboxylic acids is 1. The number of amides is 1. The summed E-state index contributed by atoms with van der Waals surface area (Å²) in [6.07, 6.45) is 5.88. The molecule has 0 radical (unpaired) electrons. The molecule has 1 saturated heterocycles. The van der Waals surface area contributed by atoms with Gasteiger partial charge in [-0.25, -0.2) is 0 Å². The van der Waals surface area contributed by atoms with Crippen LogP contribution in [0.15, 0.2) is 30.3 Å². The van der Waals surface area contributed by atoms with E-state index >= 15 is 0 Å². The molecule has 0 bridgehead atoms. The molecule has 120 valence electrons. The summed E-state index contributed by atoms with van der Waals surface area (Å²) in [5.74, 6) is 1.21. The number of rotatable bonds is 5. The first-order chi connectivity index (χ1) is 10.8. The van der Waals surface area contributed by atoms with Crippen molar-refractivity contribution in [3.05, 3.63) is 35.9 Å². The van der Waals surface area contributed by atoms with Crippen molar-refractivity contribution in [2.24, 2.45) is 5.92 Å². The van der Waals surface area contributed by atoms with Gasteiger partial charge in [-0.3, -0.25) is 4.79 Å². The fourth-order valence-corrected chi connectivity index (χ4v) is 3.64. The number of carbonyl (C=O) groups is 1. The zero-order valence-electron chi connectivity index (χ0n) is 13.7. The largest absolute Gasteiger partial charge is 0.334 e. The van der Waals surface area contributed by atoms with Crippen molar-refractivity contribution in [1.82, 2.24) is 9.80 Å². The van der Waals surface area contributed by atoms with Gasteiger partial charge in [-0.1, -0.05) is 43.7 Å². The van der Waals surface area contributed by atoms with Crippen LogP contribution in [0.2, 0.25) is 0 Å². The Hall–Kier alpha value is -1.35. The lowest BCUT2D eigenvalue weighted by atomic mass is 9.85. The molecular weight excluding hydrogens is 272 g/mol. The molecule has 2 aliphatic rings. The van der Waals surface area contributed by atoms with E-state index in [1.165, 1.54) is 31.4 Å². The van der Waals surface area contributed by atoms with E-state index in [0.29, 0.717) is 18.4 Å². The van der Waals surface area contributed by atoms with Gasteiger partial charge in [0.1, 0.15) is 0 Å². The normalized spacial score (nSPS) is 24.1. The Morgan fingerprint density at radius 3 is 2.59 bits per heavy atom. The van der Waals surface area contributed by atoms with Crippen LogP contribution >= 0.6 is 0 Å². The van der Waals surface area contributed by atoms with Crippen LogP contribution in [0.1, 0.15) is 44.6 Å². The topological polar surface area (TPSA) is 23.6 Å². The minimum absolute atomic E-state index is 0.326. The van der Waals surface area contributed by atoms with Gasteiger partial charge in [-0.15, -0.1) is 0 Å². The summed E-state index contributed by atoms with van der Waals surface area (Å²) in [6.45, 7) is 6.16. The molecule has 3 heteroatoms. The first-order valence-corrected chi connectivity index (χ1v) is 8.82. The minimum atomic E-state index is 0.326. The van der Waals surface area contributed by atoms with Gasteiger partial charge in [0.25, 0.3) is 0 Å². The Morgan fingerprint density at radius 1 is 1.18 bits per heavy atom. The summed E-state index contributed by atoms with van der Waals surface area (Å²) in [5, 5.41) is 0. The predicted molar refractivity (Wildman–Crippen MR) is 89.5 cm³/mol. The van der Waals surface area contributed by atoms with E-state index in [0.717, 1.165) is 32.0 Å². The van der Waals surface area contributed by atoms with Crippen LogP contribution in [0, 0.1) is 5.92 Å². The molecule has 1 atom stereocenters. The third-order valence-corrected chi connectivity index (χ3v) is 5.28. The number of nitrogens with zero attached hydrogens (tertiary/aromatic N) is 2.